The van der Waals surface area contributed by atoms with Crippen LogP contribution in [0.4, 0.5) is 4.39 Å². The van der Waals surface area contributed by atoms with Gasteiger partial charge in [0.15, 0.2) is 9.84 Å². The molecule has 1 heterocycles. The van der Waals surface area contributed by atoms with E-state index in [2.05, 4.69) is 6.92 Å². The van der Waals surface area contributed by atoms with Gasteiger partial charge in [0.2, 0.25) is 0 Å². The molecule has 0 unspecified atom stereocenters. The third-order valence-electron chi connectivity index (χ3n) is 5.00. The highest BCUT2D eigenvalue weighted by Gasteiger charge is 2.35. The summed E-state index contributed by atoms with van der Waals surface area (Å²) in [5.41, 5.74) is 1.05. The summed E-state index contributed by atoms with van der Waals surface area (Å²) in [7, 11) is -3.17. The molecule has 0 N–H and O–H groups in total. The number of sulfone groups is 1. The zero-order valence-electron chi connectivity index (χ0n) is 16.5. The van der Waals surface area contributed by atoms with E-state index in [9.17, 15) is 17.6 Å². The van der Waals surface area contributed by atoms with Crippen molar-refractivity contribution in [2.24, 2.45) is 0 Å². The van der Waals surface area contributed by atoms with Gasteiger partial charge in [-0.15, -0.1) is 0 Å². The van der Waals surface area contributed by atoms with Crippen molar-refractivity contribution < 1.29 is 22.3 Å². The summed E-state index contributed by atoms with van der Waals surface area (Å²) in [6.45, 7) is 2.79. The van der Waals surface area contributed by atoms with Gasteiger partial charge in [0, 0.05) is 18.2 Å². The number of amides is 1. The lowest BCUT2D eigenvalue weighted by atomic mass is 10.1. The Balaban J connectivity index is 1.85. The van der Waals surface area contributed by atoms with E-state index in [0.29, 0.717) is 29.9 Å². The molecule has 29 heavy (non-hydrogen) atoms. The van der Waals surface area contributed by atoms with Crippen molar-refractivity contribution in [2.75, 3.05) is 18.1 Å². The molecule has 0 aromatic heterocycles. The Morgan fingerprint density at radius 1 is 1.21 bits per heavy atom. The molecule has 1 aliphatic heterocycles. The number of ether oxygens (including phenoxy) is 1. The van der Waals surface area contributed by atoms with Crippen LogP contribution < -0.4 is 4.74 Å². The van der Waals surface area contributed by atoms with Crippen molar-refractivity contribution in [3.05, 3.63) is 65.5 Å². The minimum atomic E-state index is -3.17. The SMILES string of the molecule is CCCCOc1cccc(C(=O)N(Cc2cccc(F)c2)[C@@H]2CCS(=O)(=O)C2)c1. The molecular weight excluding hydrogens is 393 g/mol. The van der Waals surface area contributed by atoms with Crippen molar-refractivity contribution >= 4 is 15.7 Å². The van der Waals surface area contributed by atoms with E-state index in [4.69, 9.17) is 4.74 Å². The van der Waals surface area contributed by atoms with Crippen molar-refractivity contribution in [3.8, 4) is 5.75 Å². The van der Waals surface area contributed by atoms with Gasteiger partial charge in [0.25, 0.3) is 5.91 Å². The maximum Gasteiger partial charge on any atom is 0.254 e. The van der Waals surface area contributed by atoms with Crippen molar-refractivity contribution in [3.63, 3.8) is 0 Å². The predicted molar refractivity (Wildman–Crippen MR) is 110 cm³/mol. The lowest BCUT2D eigenvalue weighted by molar-refractivity contribution is 0.0680. The second-order valence-corrected chi connectivity index (χ2v) is 9.58. The van der Waals surface area contributed by atoms with Crippen LogP contribution in [0, 0.1) is 5.82 Å². The van der Waals surface area contributed by atoms with Crippen LogP contribution in [-0.4, -0.2) is 43.4 Å². The van der Waals surface area contributed by atoms with E-state index in [-0.39, 0.29) is 29.8 Å². The Morgan fingerprint density at radius 3 is 2.69 bits per heavy atom. The monoisotopic (exact) mass is 419 g/mol. The normalized spacial score (nSPS) is 17.8. The Kier molecular flexibility index (Phi) is 6.90. The quantitative estimate of drug-likeness (QED) is 0.610. The van der Waals surface area contributed by atoms with Gasteiger partial charge in [-0.1, -0.05) is 31.5 Å². The molecule has 156 valence electrons. The van der Waals surface area contributed by atoms with Crippen molar-refractivity contribution in [1.82, 2.24) is 4.90 Å². The Bertz CT molecular complexity index is 961. The van der Waals surface area contributed by atoms with E-state index in [1.54, 1.807) is 41.3 Å². The van der Waals surface area contributed by atoms with Crippen LogP contribution in [0.2, 0.25) is 0 Å². The average Bonchev–Trinajstić information content (AvgIpc) is 3.05. The summed E-state index contributed by atoms with van der Waals surface area (Å²) in [5, 5.41) is 0. The molecule has 7 heteroatoms. The van der Waals surface area contributed by atoms with Gasteiger partial charge in [0.1, 0.15) is 11.6 Å². The van der Waals surface area contributed by atoms with Gasteiger partial charge < -0.3 is 9.64 Å². The van der Waals surface area contributed by atoms with Crippen LogP contribution in [0.15, 0.2) is 48.5 Å². The summed E-state index contributed by atoms with van der Waals surface area (Å²) in [5.74, 6) is -0.0717. The number of benzene rings is 2. The van der Waals surface area contributed by atoms with Crippen LogP contribution in [0.1, 0.15) is 42.1 Å². The minimum Gasteiger partial charge on any atom is -0.494 e. The van der Waals surface area contributed by atoms with Crippen molar-refractivity contribution in [2.45, 2.75) is 38.8 Å². The number of hydrogen-bond acceptors (Lipinski definition) is 4. The van der Waals surface area contributed by atoms with Gasteiger partial charge >= 0.3 is 0 Å². The Morgan fingerprint density at radius 2 is 2.00 bits per heavy atom. The number of hydrogen-bond donors (Lipinski definition) is 0. The molecular formula is C22H26FNO4S. The first-order chi connectivity index (χ1) is 13.9. The van der Waals surface area contributed by atoms with E-state index in [1.807, 2.05) is 0 Å². The third-order valence-corrected chi connectivity index (χ3v) is 6.75. The predicted octanol–water partition coefficient (Wildman–Crippen LogP) is 3.83. The maximum atomic E-state index is 13.6. The summed E-state index contributed by atoms with van der Waals surface area (Å²) in [6.07, 6.45) is 2.32. The smallest absolute Gasteiger partial charge is 0.254 e. The first-order valence-electron chi connectivity index (χ1n) is 9.86. The summed E-state index contributed by atoms with van der Waals surface area (Å²) in [6, 6.07) is 12.5. The molecule has 0 saturated carbocycles. The molecule has 5 nitrogen and oxygen atoms in total. The fraction of sp³-hybridized carbons (Fsp3) is 0.409. The van der Waals surface area contributed by atoms with Gasteiger partial charge in [-0.25, -0.2) is 12.8 Å². The highest BCUT2D eigenvalue weighted by atomic mass is 32.2. The number of carbonyl (C=O) groups excluding carboxylic acids is 1. The lowest BCUT2D eigenvalue weighted by Gasteiger charge is -2.28. The van der Waals surface area contributed by atoms with Gasteiger partial charge in [-0.2, -0.15) is 0 Å². The molecule has 2 aromatic rings. The van der Waals surface area contributed by atoms with Crippen LogP contribution in [-0.2, 0) is 16.4 Å². The summed E-state index contributed by atoms with van der Waals surface area (Å²) in [4.78, 5) is 14.8. The van der Waals surface area contributed by atoms with Crippen LogP contribution in [0.3, 0.4) is 0 Å². The highest BCUT2D eigenvalue weighted by Crippen LogP contribution is 2.24. The zero-order chi connectivity index (χ0) is 20.9. The number of nitrogens with zero attached hydrogens (tertiary/aromatic N) is 1. The Hall–Kier alpha value is -2.41. The fourth-order valence-electron chi connectivity index (χ4n) is 3.44. The first kappa shape index (κ1) is 21.3. The van der Waals surface area contributed by atoms with E-state index < -0.39 is 15.9 Å². The first-order valence-corrected chi connectivity index (χ1v) is 11.7. The van der Waals surface area contributed by atoms with E-state index >= 15 is 0 Å². The third kappa shape index (κ3) is 5.79. The largest absolute Gasteiger partial charge is 0.494 e. The number of unbranched alkanes of at least 4 members (excludes halogenated alkanes) is 1. The Labute approximate surface area is 171 Å². The average molecular weight is 420 g/mol. The molecule has 0 aliphatic carbocycles. The molecule has 0 bridgehead atoms. The topological polar surface area (TPSA) is 63.7 Å². The molecule has 1 saturated heterocycles. The van der Waals surface area contributed by atoms with E-state index in [1.165, 1.54) is 12.1 Å². The van der Waals surface area contributed by atoms with E-state index in [0.717, 1.165) is 12.8 Å². The maximum absolute atomic E-state index is 13.6. The molecule has 2 aromatic carbocycles. The standard InChI is InChI=1S/C22H26FNO4S/c1-2-3-11-28-21-9-5-7-18(14-21)22(25)24(20-10-12-29(26,27)16-20)15-17-6-4-8-19(23)13-17/h4-9,13-14,20H,2-3,10-12,15-16H2,1H3/t20-/m1/s1. The molecule has 0 spiro atoms. The molecule has 1 atom stereocenters. The minimum absolute atomic E-state index is 0.0603. The van der Waals surface area contributed by atoms with Crippen LogP contribution >= 0.6 is 0 Å². The highest BCUT2D eigenvalue weighted by molar-refractivity contribution is 7.91. The van der Waals surface area contributed by atoms with Crippen LogP contribution in [0.25, 0.3) is 0 Å². The van der Waals surface area contributed by atoms with Gasteiger partial charge in [0.05, 0.1) is 18.1 Å². The van der Waals surface area contributed by atoms with Gasteiger partial charge in [-0.3, -0.25) is 4.79 Å². The fourth-order valence-corrected chi connectivity index (χ4v) is 5.17. The number of carbonyl (C=O) groups is 1. The second-order valence-electron chi connectivity index (χ2n) is 7.35. The molecule has 0 radical (unpaired) electrons. The molecule has 3 rings (SSSR count). The lowest BCUT2D eigenvalue weighted by Crippen LogP contribution is -2.40. The summed E-state index contributed by atoms with van der Waals surface area (Å²) < 4.78 is 43.3. The van der Waals surface area contributed by atoms with Crippen molar-refractivity contribution in [1.29, 1.82) is 0 Å². The summed E-state index contributed by atoms with van der Waals surface area (Å²) >= 11 is 0. The molecule has 1 aliphatic rings. The molecule has 1 fully saturated rings. The zero-order valence-corrected chi connectivity index (χ0v) is 17.3. The van der Waals surface area contributed by atoms with Crippen LogP contribution in [0.5, 0.6) is 5.75 Å². The number of rotatable bonds is 8. The molecule has 1 amide bonds. The van der Waals surface area contributed by atoms with Gasteiger partial charge in [-0.05, 0) is 48.7 Å². The number of halogens is 1. The second kappa shape index (κ2) is 9.39.